The van der Waals surface area contributed by atoms with Crippen LogP contribution in [-0.4, -0.2) is 51.6 Å². The molecule has 1 saturated heterocycles. The van der Waals surface area contributed by atoms with Gasteiger partial charge < -0.3 is 15.0 Å². The van der Waals surface area contributed by atoms with Gasteiger partial charge in [0.25, 0.3) is 0 Å². The minimum Gasteiger partial charge on any atom is -0.461 e. The molecule has 0 saturated carbocycles. The van der Waals surface area contributed by atoms with Crippen LogP contribution in [0.3, 0.4) is 0 Å². The molecule has 1 fully saturated rings. The Bertz CT molecular complexity index is 628. The highest BCUT2D eigenvalue weighted by molar-refractivity contribution is 5.86. The van der Waals surface area contributed by atoms with Crippen LogP contribution < -0.4 is 10.2 Å². The van der Waals surface area contributed by atoms with E-state index in [4.69, 9.17) is 4.74 Å². The van der Waals surface area contributed by atoms with Gasteiger partial charge in [-0.3, -0.25) is 0 Å². The molecule has 1 N–H and O–H groups in total. The van der Waals surface area contributed by atoms with Gasteiger partial charge in [0.1, 0.15) is 18.0 Å². The van der Waals surface area contributed by atoms with Crippen LogP contribution in [0.1, 0.15) is 17.4 Å². The fraction of sp³-hybridized carbons (Fsp3) is 0.357. The molecule has 0 unspecified atom stereocenters. The highest BCUT2D eigenvalue weighted by Crippen LogP contribution is 2.19. The topological polar surface area (TPSA) is 93.1 Å². The summed E-state index contributed by atoms with van der Waals surface area (Å²) >= 11 is 0. The smallest absolute Gasteiger partial charge is 0.358 e. The van der Waals surface area contributed by atoms with Gasteiger partial charge in [0.05, 0.1) is 25.0 Å². The zero-order valence-corrected chi connectivity index (χ0v) is 12.1. The monoisotopic (exact) mass is 300 g/mol. The van der Waals surface area contributed by atoms with Crippen molar-refractivity contribution in [1.82, 2.24) is 19.9 Å². The summed E-state index contributed by atoms with van der Waals surface area (Å²) in [6.07, 6.45) is 6.25. The second kappa shape index (κ2) is 6.33. The second-order valence-corrected chi connectivity index (χ2v) is 4.82. The summed E-state index contributed by atoms with van der Waals surface area (Å²) in [6.45, 7) is 3.68. The third-order valence-electron chi connectivity index (χ3n) is 3.26. The van der Waals surface area contributed by atoms with E-state index in [9.17, 15) is 4.79 Å². The van der Waals surface area contributed by atoms with Crippen LogP contribution in [-0.2, 0) is 4.74 Å². The summed E-state index contributed by atoms with van der Waals surface area (Å²) in [5, 5.41) is 3.31. The molecule has 2 aromatic heterocycles. The van der Waals surface area contributed by atoms with Crippen LogP contribution in [0, 0.1) is 0 Å². The molecule has 1 aliphatic rings. The van der Waals surface area contributed by atoms with Gasteiger partial charge in [0.15, 0.2) is 5.69 Å². The fourth-order valence-electron chi connectivity index (χ4n) is 2.14. The van der Waals surface area contributed by atoms with Gasteiger partial charge in [-0.2, -0.15) is 0 Å². The molecular weight excluding hydrogens is 284 g/mol. The summed E-state index contributed by atoms with van der Waals surface area (Å²) < 4.78 is 4.87. The predicted molar refractivity (Wildman–Crippen MR) is 79.6 cm³/mol. The Morgan fingerprint density at radius 2 is 2.23 bits per heavy atom. The number of hydrogen-bond donors (Lipinski definition) is 1. The molecule has 8 heteroatoms. The number of rotatable bonds is 5. The molecule has 0 radical (unpaired) electrons. The number of esters is 1. The van der Waals surface area contributed by atoms with E-state index in [0.717, 1.165) is 24.7 Å². The summed E-state index contributed by atoms with van der Waals surface area (Å²) in [6, 6.07) is 2.14. The molecule has 0 bridgehead atoms. The average molecular weight is 300 g/mol. The van der Waals surface area contributed by atoms with E-state index in [2.05, 4.69) is 30.2 Å². The van der Waals surface area contributed by atoms with Crippen molar-refractivity contribution in [2.45, 2.75) is 13.0 Å². The van der Waals surface area contributed by atoms with Gasteiger partial charge >= 0.3 is 5.97 Å². The quantitative estimate of drug-likeness (QED) is 0.808. The molecule has 2 aromatic rings. The summed E-state index contributed by atoms with van der Waals surface area (Å²) in [5.41, 5.74) is 0.224. The number of nitrogens with zero attached hydrogens (tertiary/aromatic N) is 5. The van der Waals surface area contributed by atoms with Crippen LogP contribution in [0.15, 0.2) is 31.0 Å². The first-order valence-electron chi connectivity index (χ1n) is 7.03. The maximum atomic E-state index is 11.5. The highest BCUT2D eigenvalue weighted by atomic mass is 16.5. The van der Waals surface area contributed by atoms with Crippen molar-refractivity contribution in [3.8, 4) is 0 Å². The molecule has 3 heterocycles. The van der Waals surface area contributed by atoms with Crippen molar-refractivity contribution < 1.29 is 9.53 Å². The van der Waals surface area contributed by atoms with Gasteiger partial charge in [0.2, 0.25) is 0 Å². The van der Waals surface area contributed by atoms with Crippen LogP contribution in [0.25, 0.3) is 0 Å². The van der Waals surface area contributed by atoms with E-state index in [-0.39, 0.29) is 5.69 Å². The Labute approximate surface area is 127 Å². The van der Waals surface area contributed by atoms with E-state index in [1.54, 1.807) is 19.3 Å². The fourth-order valence-corrected chi connectivity index (χ4v) is 2.14. The Hall–Kier alpha value is -2.77. The molecule has 8 nitrogen and oxygen atoms in total. The van der Waals surface area contributed by atoms with Crippen molar-refractivity contribution in [1.29, 1.82) is 0 Å². The lowest BCUT2D eigenvalue weighted by molar-refractivity contribution is 0.0519. The number of anilines is 2. The lowest BCUT2D eigenvalue weighted by atomic mass is 10.1. The van der Waals surface area contributed by atoms with Crippen molar-refractivity contribution in [2.24, 2.45) is 0 Å². The third-order valence-corrected chi connectivity index (χ3v) is 3.26. The normalized spacial score (nSPS) is 14.3. The van der Waals surface area contributed by atoms with Crippen molar-refractivity contribution in [2.75, 3.05) is 29.9 Å². The first-order chi connectivity index (χ1) is 10.8. The lowest BCUT2D eigenvalue weighted by Gasteiger charge is -2.40. The van der Waals surface area contributed by atoms with E-state index in [1.165, 1.54) is 12.5 Å². The van der Waals surface area contributed by atoms with Gasteiger partial charge in [-0.05, 0) is 13.0 Å². The molecule has 3 rings (SSSR count). The summed E-state index contributed by atoms with van der Waals surface area (Å²) in [4.78, 5) is 29.9. The summed E-state index contributed by atoms with van der Waals surface area (Å²) in [7, 11) is 0. The maximum absolute atomic E-state index is 11.5. The van der Waals surface area contributed by atoms with E-state index in [0.29, 0.717) is 12.6 Å². The van der Waals surface area contributed by atoms with Gasteiger partial charge in [0, 0.05) is 19.3 Å². The van der Waals surface area contributed by atoms with E-state index >= 15 is 0 Å². The molecule has 114 valence electrons. The van der Waals surface area contributed by atoms with Crippen LogP contribution in [0.4, 0.5) is 11.6 Å². The van der Waals surface area contributed by atoms with Crippen molar-refractivity contribution >= 4 is 17.6 Å². The van der Waals surface area contributed by atoms with Crippen LogP contribution in [0.5, 0.6) is 0 Å². The number of carbonyl (C=O) groups excluding carboxylic acids is 1. The SMILES string of the molecule is CCOC(=O)c1cnc(N2CC(Nc3ccncn3)C2)cn1. The zero-order chi connectivity index (χ0) is 15.4. The number of ether oxygens (including phenoxy) is 1. The maximum Gasteiger partial charge on any atom is 0.358 e. The first-order valence-corrected chi connectivity index (χ1v) is 7.03. The van der Waals surface area contributed by atoms with Crippen molar-refractivity contribution in [3.05, 3.63) is 36.7 Å². The van der Waals surface area contributed by atoms with Gasteiger partial charge in [-0.25, -0.2) is 24.7 Å². The van der Waals surface area contributed by atoms with Crippen LogP contribution in [0.2, 0.25) is 0 Å². The van der Waals surface area contributed by atoms with Gasteiger partial charge in [-0.15, -0.1) is 0 Å². The molecule has 0 aromatic carbocycles. The second-order valence-electron chi connectivity index (χ2n) is 4.82. The number of carbonyl (C=O) groups is 1. The number of aromatic nitrogens is 4. The average Bonchev–Trinajstić information content (AvgIpc) is 2.52. The highest BCUT2D eigenvalue weighted by Gasteiger charge is 2.28. The van der Waals surface area contributed by atoms with Crippen LogP contribution >= 0.6 is 0 Å². The molecule has 0 aliphatic carbocycles. The molecule has 0 atom stereocenters. The molecule has 22 heavy (non-hydrogen) atoms. The lowest BCUT2D eigenvalue weighted by Crippen LogP contribution is -2.55. The molecule has 1 aliphatic heterocycles. The van der Waals surface area contributed by atoms with E-state index in [1.807, 2.05) is 6.07 Å². The Morgan fingerprint density at radius 1 is 1.36 bits per heavy atom. The Morgan fingerprint density at radius 3 is 2.86 bits per heavy atom. The number of hydrogen-bond acceptors (Lipinski definition) is 8. The molecule has 0 amide bonds. The molecular formula is C14H16N6O2. The number of nitrogens with one attached hydrogen (secondary N) is 1. The van der Waals surface area contributed by atoms with E-state index < -0.39 is 5.97 Å². The van der Waals surface area contributed by atoms with Gasteiger partial charge in [-0.1, -0.05) is 0 Å². The standard InChI is InChI=1S/C14H16N6O2/c1-2-22-14(21)11-5-17-13(6-16-11)20-7-10(8-20)19-12-3-4-15-9-18-12/h3-6,9-10H,2,7-8H2,1H3,(H,15,18,19). The predicted octanol–water partition coefficient (Wildman–Crippen LogP) is 0.744. The summed E-state index contributed by atoms with van der Waals surface area (Å²) in [5.74, 6) is 1.10. The minimum absolute atomic E-state index is 0.224. The first kappa shape index (κ1) is 14.2. The van der Waals surface area contributed by atoms with Crippen molar-refractivity contribution in [3.63, 3.8) is 0 Å². The Kier molecular flexibility index (Phi) is 4.08. The molecule has 0 spiro atoms. The zero-order valence-electron chi connectivity index (χ0n) is 12.1. The third kappa shape index (κ3) is 3.11. The largest absolute Gasteiger partial charge is 0.461 e. The minimum atomic E-state index is -0.450. The Balaban J connectivity index is 1.53.